The Balaban J connectivity index is 1.32. The van der Waals surface area contributed by atoms with Gasteiger partial charge >= 0.3 is 7.15 Å². The standard InChI is InChI=1S/C22H23N5O6PS/c1-22(29)17(28)15(10-31-34(35)33-14-9-5-7-12-6-3-4-8-13(12)14)32-20(22)27-11-24-16-18(27)25-21(23)26-19(16)30-2/h3-9,11,15,17,20,28-29H,10H2,1-2H3,(H2,23,25,26)/q+1. The molecule has 5 unspecified atom stereocenters. The van der Waals surface area contributed by atoms with Crippen LogP contribution in [0.25, 0.3) is 21.9 Å². The zero-order valence-corrected chi connectivity index (χ0v) is 20.5. The topological polar surface area (TPSA) is 147 Å². The van der Waals surface area contributed by atoms with Crippen LogP contribution in [0.2, 0.25) is 0 Å². The van der Waals surface area contributed by atoms with E-state index in [2.05, 4.69) is 15.0 Å². The van der Waals surface area contributed by atoms with Crippen LogP contribution in [0, 0.1) is 0 Å². The van der Waals surface area contributed by atoms with E-state index in [1.54, 1.807) is 0 Å². The quantitative estimate of drug-likeness (QED) is 0.311. The summed E-state index contributed by atoms with van der Waals surface area (Å²) in [5, 5.41) is 23.9. The first-order valence-electron chi connectivity index (χ1n) is 10.7. The van der Waals surface area contributed by atoms with Gasteiger partial charge in [-0.25, -0.2) is 9.51 Å². The van der Waals surface area contributed by atoms with Crippen molar-refractivity contribution in [3.63, 3.8) is 0 Å². The van der Waals surface area contributed by atoms with E-state index in [-0.39, 0.29) is 18.4 Å². The molecular weight excluding hydrogens is 493 g/mol. The number of hydrogen-bond acceptors (Lipinski definition) is 11. The molecule has 35 heavy (non-hydrogen) atoms. The maximum atomic E-state index is 11.1. The number of ether oxygens (including phenoxy) is 2. The van der Waals surface area contributed by atoms with Gasteiger partial charge in [0.05, 0.1) is 13.4 Å². The Morgan fingerprint density at radius 3 is 2.80 bits per heavy atom. The molecule has 2 aromatic carbocycles. The number of nitrogens with zero attached hydrogens (tertiary/aromatic N) is 4. The fourth-order valence-corrected chi connectivity index (χ4v) is 5.18. The van der Waals surface area contributed by atoms with Gasteiger partial charge < -0.3 is 25.4 Å². The Kier molecular flexibility index (Phi) is 6.26. The second kappa shape index (κ2) is 9.23. The molecule has 0 amide bonds. The molecule has 5 atom stereocenters. The maximum Gasteiger partial charge on any atom is 0.573 e. The predicted octanol–water partition coefficient (Wildman–Crippen LogP) is 2.45. The number of nitrogen functional groups attached to an aromatic ring is 1. The van der Waals surface area contributed by atoms with Gasteiger partial charge in [-0.1, -0.05) is 36.4 Å². The van der Waals surface area contributed by atoms with Crippen molar-refractivity contribution in [2.24, 2.45) is 0 Å². The van der Waals surface area contributed by atoms with Crippen LogP contribution in [0.5, 0.6) is 11.6 Å². The third kappa shape index (κ3) is 4.29. The van der Waals surface area contributed by atoms with Crippen molar-refractivity contribution in [1.82, 2.24) is 19.5 Å². The highest BCUT2D eigenvalue weighted by Crippen LogP contribution is 2.41. The average Bonchev–Trinajstić information content (AvgIpc) is 3.35. The number of hydrogen-bond donors (Lipinski definition) is 3. The lowest BCUT2D eigenvalue weighted by Crippen LogP contribution is -2.44. The van der Waals surface area contributed by atoms with Gasteiger partial charge in [0.15, 0.2) is 23.1 Å². The smallest absolute Gasteiger partial charge is 0.479 e. The molecule has 0 aliphatic carbocycles. The van der Waals surface area contributed by atoms with Crippen molar-refractivity contribution >= 4 is 46.8 Å². The number of nitrogens with two attached hydrogens (primary N) is 1. The number of anilines is 1. The number of imidazole rings is 1. The van der Waals surface area contributed by atoms with Crippen molar-refractivity contribution in [3.8, 4) is 11.6 Å². The van der Waals surface area contributed by atoms with E-state index < -0.39 is 31.2 Å². The number of aliphatic hydroxyl groups excluding tert-OH is 1. The van der Waals surface area contributed by atoms with Gasteiger partial charge in [-0.2, -0.15) is 9.97 Å². The van der Waals surface area contributed by atoms with Crippen LogP contribution >= 0.6 is 7.15 Å². The normalized spacial score (nSPS) is 24.7. The van der Waals surface area contributed by atoms with Crippen LogP contribution in [0.15, 0.2) is 48.8 Å². The molecule has 2 aromatic heterocycles. The van der Waals surface area contributed by atoms with Crippen LogP contribution in [0.1, 0.15) is 13.2 Å². The first-order chi connectivity index (χ1) is 16.8. The second-order valence-corrected chi connectivity index (χ2v) is 9.98. The summed E-state index contributed by atoms with van der Waals surface area (Å²) >= 11 is 5.39. The number of methoxy groups -OCH3 is 1. The summed E-state index contributed by atoms with van der Waals surface area (Å²) in [7, 11) is -0.319. The largest absolute Gasteiger partial charge is 0.573 e. The van der Waals surface area contributed by atoms with Crippen LogP contribution < -0.4 is 15.0 Å². The zero-order valence-electron chi connectivity index (χ0n) is 18.8. The SMILES string of the molecule is COc1nc(N)nc2c1ncn2C1OC(CO[P+](=S)Oc2cccc3ccccc23)C(O)C1(C)O. The lowest BCUT2D eigenvalue weighted by molar-refractivity contribution is -0.0947. The Labute approximate surface area is 206 Å². The van der Waals surface area contributed by atoms with Gasteiger partial charge in [0.2, 0.25) is 23.6 Å². The Morgan fingerprint density at radius 1 is 1.23 bits per heavy atom. The van der Waals surface area contributed by atoms with E-state index >= 15 is 0 Å². The summed E-state index contributed by atoms with van der Waals surface area (Å²) in [6.45, 7) is 1.36. The van der Waals surface area contributed by atoms with E-state index in [9.17, 15) is 10.2 Å². The van der Waals surface area contributed by atoms with E-state index in [0.717, 1.165) is 10.8 Å². The fourth-order valence-electron chi connectivity index (χ4n) is 4.11. The number of fused-ring (bicyclic) bond motifs is 2. The fraction of sp³-hybridized carbons (Fsp3) is 0.318. The van der Waals surface area contributed by atoms with Crippen molar-refractivity contribution in [1.29, 1.82) is 0 Å². The summed E-state index contributed by atoms with van der Waals surface area (Å²) in [4.78, 5) is 12.5. The molecule has 1 saturated heterocycles. The molecule has 4 aromatic rings. The van der Waals surface area contributed by atoms with Gasteiger partial charge in [0.1, 0.15) is 24.4 Å². The molecule has 0 bridgehead atoms. The number of aromatic nitrogens is 4. The summed E-state index contributed by atoms with van der Waals surface area (Å²) in [6, 6.07) is 13.5. The minimum Gasteiger partial charge on any atom is -0.479 e. The van der Waals surface area contributed by atoms with Gasteiger partial charge in [0, 0.05) is 5.39 Å². The molecule has 0 radical (unpaired) electrons. The maximum absolute atomic E-state index is 11.1. The highest BCUT2D eigenvalue weighted by Gasteiger charge is 2.54. The molecule has 1 aliphatic rings. The van der Waals surface area contributed by atoms with Crippen LogP contribution in [-0.2, 0) is 21.1 Å². The minimum absolute atomic E-state index is 0.0310. The van der Waals surface area contributed by atoms with Crippen molar-refractivity contribution in [2.75, 3.05) is 19.5 Å². The Morgan fingerprint density at radius 2 is 2.00 bits per heavy atom. The highest BCUT2D eigenvalue weighted by atomic mass is 32.4. The molecule has 1 fully saturated rings. The molecule has 3 heterocycles. The van der Waals surface area contributed by atoms with Crippen LogP contribution in [-0.4, -0.2) is 61.3 Å². The summed E-state index contributed by atoms with van der Waals surface area (Å²) in [6.07, 6.45) is -1.80. The molecule has 1 aliphatic heterocycles. The van der Waals surface area contributed by atoms with Gasteiger partial charge in [-0.3, -0.25) is 4.57 Å². The molecule has 182 valence electrons. The lowest BCUT2D eigenvalue weighted by atomic mass is 9.96. The summed E-state index contributed by atoms with van der Waals surface area (Å²) in [5.41, 5.74) is 4.72. The summed E-state index contributed by atoms with van der Waals surface area (Å²) in [5.74, 6) is 0.765. The molecule has 4 N–H and O–H groups in total. The molecule has 13 heteroatoms. The first-order valence-corrected chi connectivity index (χ1v) is 12.8. The van der Waals surface area contributed by atoms with E-state index in [1.165, 1.54) is 24.9 Å². The number of aliphatic hydroxyl groups is 2. The average molecular weight is 516 g/mol. The highest BCUT2D eigenvalue weighted by molar-refractivity contribution is 8.00. The molecule has 0 spiro atoms. The molecule has 5 rings (SSSR count). The van der Waals surface area contributed by atoms with Crippen molar-refractivity contribution in [3.05, 3.63) is 48.8 Å². The third-order valence-electron chi connectivity index (χ3n) is 5.87. The first kappa shape index (κ1) is 23.7. The van der Waals surface area contributed by atoms with Gasteiger partial charge in [0.25, 0.3) is 0 Å². The second-order valence-electron chi connectivity index (χ2n) is 8.20. The van der Waals surface area contributed by atoms with Crippen LogP contribution in [0.4, 0.5) is 5.95 Å². The molecular formula is C22H23N5O6PS+. The van der Waals surface area contributed by atoms with E-state index in [1.807, 2.05) is 42.5 Å². The Hall–Kier alpha value is -2.99. The third-order valence-corrected chi connectivity index (χ3v) is 7.12. The number of rotatable bonds is 7. The van der Waals surface area contributed by atoms with Gasteiger partial charge in [-0.05, 0) is 18.4 Å². The van der Waals surface area contributed by atoms with Crippen molar-refractivity contribution < 1.29 is 28.7 Å². The minimum atomic E-state index is -1.76. The lowest BCUT2D eigenvalue weighted by Gasteiger charge is -2.27. The van der Waals surface area contributed by atoms with E-state index in [4.69, 9.17) is 36.1 Å². The van der Waals surface area contributed by atoms with Gasteiger partial charge in [-0.15, -0.1) is 4.52 Å². The monoisotopic (exact) mass is 516 g/mol. The van der Waals surface area contributed by atoms with Crippen molar-refractivity contribution in [2.45, 2.75) is 31.0 Å². The predicted molar refractivity (Wildman–Crippen MR) is 132 cm³/mol. The number of benzene rings is 2. The molecule has 0 saturated carbocycles. The Bertz CT molecular complexity index is 1410. The van der Waals surface area contributed by atoms with Crippen LogP contribution in [0.3, 0.4) is 0 Å². The summed E-state index contributed by atoms with van der Waals surface area (Å²) < 4.78 is 24.3. The van der Waals surface area contributed by atoms with E-state index in [0.29, 0.717) is 16.9 Å². The zero-order chi connectivity index (χ0) is 24.7. The molecule has 11 nitrogen and oxygen atoms in total.